The van der Waals surface area contributed by atoms with Gasteiger partial charge in [0.25, 0.3) is 0 Å². The average molecular weight is 313 g/mol. The van der Waals surface area contributed by atoms with Crippen LogP contribution in [0.2, 0.25) is 0 Å². The smallest absolute Gasteiger partial charge is 0.244 e. The Balaban J connectivity index is 2.52. The molecule has 0 spiro atoms. The topological polar surface area (TPSA) is 66.8 Å². The Morgan fingerprint density at radius 3 is 2.67 bits per heavy atom. The van der Waals surface area contributed by atoms with Crippen molar-refractivity contribution in [2.75, 3.05) is 19.8 Å². The van der Waals surface area contributed by atoms with Crippen LogP contribution in [0.3, 0.4) is 0 Å². The molecule has 1 aliphatic rings. The second-order valence-electron chi connectivity index (χ2n) is 5.90. The molecule has 1 aromatic carbocycles. The quantitative estimate of drug-likeness (QED) is 0.915. The standard InChI is InChI=1S/C15H23NO4S/c1-4-13-6-5-12(10-17)9-14(13)21(18,19)16-7-8-20-11-15(16,2)3/h5-6,9,17H,4,7-8,10-11H2,1-3H3. The molecule has 118 valence electrons. The summed E-state index contributed by atoms with van der Waals surface area (Å²) >= 11 is 0. The van der Waals surface area contributed by atoms with Crippen molar-refractivity contribution < 1.29 is 18.3 Å². The Bertz CT molecular complexity index is 610. The van der Waals surface area contributed by atoms with E-state index in [-0.39, 0.29) is 6.61 Å². The lowest BCUT2D eigenvalue weighted by Crippen LogP contribution is -2.55. The minimum atomic E-state index is -3.60. The van der Waals surface area contributed by atoms with Crippen LogP contribution in [0, 0.1) is 0 Å². The van der Waals surface area contributed by atoms with Crippen molar-refractivity contribution in [2.45, 2.75) is 44.2 Å². The maximum Gasteiger partial charge on any atom is 0.244 e. The van der Waals surface area contributed by atoms with Crippen molar-refractivity contribution in [1.82, 2.24) is 4.31 Å². The minimum Gasteiger partial charge on any atom is -0.392 e. The molecule has 0 radical (unpaired) electrons. The highest BCUT2D eigenvalue weighted by Crippen LogP contribution is 2.30. The molecule has 5 nitrogen and oxygen atoms in total. The predicted octanol–water partition coefficient (Wildman–Crippen LogP) is 1.54. The SMILES string of the molecule is CCc1ccc(CO)cc1S(=O)(=O)N1CCOCC1(C)C. The molecule has 1 fully saturated rings. The van der Waals surface area contributed by atoms with Crippen LogP contribution in [-0.4, -0.2) is 43.1 Å². The lowest BCUT2D eigenvalue weighted by molar-refractivity contribution is -0.00773. The molecular formula is C15H23NO4S. The summed E-state index contributed by atoms with van der Waals surface area (Å²) in [6.45, 7) is 6.63. The Labute approximate surface area is 126 Å². The van der Waals surface area contributed by atoms with Gasteiger partial charge in [-0.3, -0.25) is 0 Å². The number of hydrogen-bond donors (Lipinski definition) is 1. The van der Waals surface area contributed by atoms with Crippen LogP contribution in [0.4, 0.5) is 0 Å². The first-order valence-corrected chi connectivity index (χ1v) is 8.60. The molecule has 0 unspecified atom stereocenters. The Hall–Kier alpha value is -0.950. The van der Waals surface area contributed by atoms with Gasteiger partial charge >= 0.3 is 0 Å². The van der Waals surface area contributed by atoms with Gasteiger partial charge in [0.2, 0.25) is 10.0 Å². The van der Waals surface area contributed by atoms with Gasteiger partial charge in [0.1, 0.15) is 0 Å². The molecule has 21 heavy (non-hydrogen) atoms. The maximum atomic E-state index is 13.0. The first-order valence-electron chi connectivity index (χ1n) is 7.16. The molecule has 6 heteroatoms. The van der Waals surface area contributed by atoms with E-state index >= 15 is 0 Å². The molecule has 1 saturated heterocycles. The van der Waals surface area contributed by atoms with Crippen LogP contribution in [-0.2, 0) is 27.8 Å². The van der Waals surface area contributed by atoms with Gasteiger partial charge in [0.15, 0.2) is 0 Å². The van der Waals surface area contributed by atoms with Crippen molar-refractivity contribution in [1.29, 1.82) is 0 Å². The fraction of sp³-hybridized carbons (Fsp3) is 0.600. The number of sulfonamides is 1. The van der Waals surface area contributed by atoms with E-state index in [1.165, 1.54) is 4.31 Å². The zero-order chi connectivity index (χ0) is 15.7. The highest BCUT2D eigenvalue weighted by Gasteiger charge is 2.40. The van der Waals surface area contributed by atoms with Crippen molar-refractivity contribution in [2.24, 2.45) is 0 Å². The lowest BCUT2D eigenvalue weighted by atomic mass is 10.1. The molecule has 0 amide bonds. The summed E-state index contributed by atoms with van der Waals surface area (Å²) in [7, 11) is -3.60. The number of hydrogen-bond acceptors (Lipinski definition) is 4. The van der Waals surface area contributed by atoms with Crippen LogP contribution in [0.25, 0.3) is 0 Å². The highest BCUT2D eigenvalue weighted by atomic mass is 32.2. The molecule has 0 bridgehead atoms. The summed E-state index contributed by atoms with van der Waals surface area (Å²) in [5, 5.41) is 9.28. The monoisotopic (exact) mass is 313 g/mol. The van der Waals surface area contributed by atoms with Crippen molar-refractivity contribution >= 4 is 10.0 Å². The van der Waals surface area contributed by atoms with Crippen molar-refractivity contribution in [3.8, 4) is 0 Å². The van der Waals surface area contributed by atoms with Gasteiger partial charge in [0.05, 0.1) is 30.3 Å². The summed E-state index contributed by atoms with van der Waals surface area (Å²) in [6, 6.07) is 5.13. The van der Waals surface area contributed by atoms with Crippen molar-refractivity contribution in [3.05, 3.63) is 29.3 Å². The Morgan fingerprint density at radius 2 is 2.10 bits per heavy atom. The number of benzene rings is 1. The van der Waals surface area contributed by atoms with E-state index < -0.39 is 15.6 Å². The second kappa shape index (κ2) is 6.04. The third-order valence-corrected chi connectivity index (χ3v) is 6.03. The van der Waals surface area contributed by atoms with Gasteiger partial charge in [-0.2, -0.15) is 4.31 Å². The number of nitrogens with zero attached hydrogens (tertiary/aromatic N) is 1. The number of aliphatic hydroxyl groups is 1. The molecule has 0 saturated carbocycles. The first kappa shape index (κ1) is 16.4. The number of aliphatic hydroxyl groups excluding tert-OH is 1. The second-order valence-corrected chi connectivity index (χ2v) is 7.73. The van der Waals surface area contributed by atoms with Crippen LogP contribution in [0.1, 0.15) is 31.9 Å². The third kappa shape index (κ3) is 3.13. The van der Waals surface area contributed by atoms with Gasteiger partial charge < -0.3 is 9.84 Å². The van der Waals surface area contributed by atoms with E-state index in [0.29, 0.717) is 36.6 Å². The summed E-state index contributed by atoms with van der Waals surface area (Å²) in [6.07, 6.45) is 0.630. The van der Waals surface area contributed by atoms with Crippen LogP contribution >= 0.6 is 0 Å². The Kier molecular flexibility index (Phi) is 4.72. The fourth-order valence-electron chi connectivity index (χ4n) is 2.64. The van der Waals surface area contributed by atoms with E-state index in [2.05, 4.69) is 0 Å². The highest BCUT2D eigenvalue weighted by molar-refractivity contribution is 7.89. The average Bonchev–Trinajstić information content (AvgIpc) is 2.45. The summed E-state index contributed by atoms with van der Waals surface area (Å²) in [4.78, 5) is 0.298. The molecule has 1 aliphatic heterocycles. The molecule has 0 aromatic heterocycles. The minimum absolute atomic E-state index is 0.168. The fourth-order valence-corrected chi connectivity index (χ4v) is 4.74. The van der Waals surface area contributed by atoms with Gasteiger partial charge in [-0.1, -0.05) is 19.1 Å². The molecule has 0 atom stereocenters. The lowest BCUT2D eigenvalue weighted by Gasteiger charge is -2.41. The number of aryl methyl sites for hydroxylation is 1. The maximum absolute atomic E-state index is 13.0. The van der Waals surface area contributed by atoms with E-state index in [0.717, 1.165) is 5.56 Å². The van der Waals surface area contributed by atoms with Gasteiger partial charge in [-0.25, -0.2) is 8.42 Å². The predicted molar refractivity (Wildman–Crippen MR) is 80.5 cm³/mol. The molecule has 2 rings (SSSR count). The largest absolute Gasteiger partial charge is 0.392 e. The van der Waals surface area contributed by atoms with Crippen LogP contribution in [0.15, 0.2) is 23.1 Å². The zero-order valence-corrected chi connectivity index (χ0v) is 13.6. The van der Waals surface area contributed by atoms with Gasteiger partial charge in [0, 0.05) is 6.54 Å². The van der Waals surface area contributed by atoms with Crippen molar-refractivity contribution in [3.63, 3.8) is 0 Å². The normalized spacial score (nSPS) is 19.6. The van der Waals surface area contributed by atoms with Gasteiger partial charge in [-0.15, -0.1) is 0 Å². The zero-order valence-electron chi connectivity index (χ0n) is 12.8. The third-order valence-electron chi connectivity index (χ3n) is 3.83. The summed E-state index contributed by atoms with van der Waals surface area (Å²) < 4.78 is 33.0. The van der Waals surface area contributed by atoms with Crippen LogP contribution < -0.4 is 0 Å². The molecule has 1 N–H and O–H groups in total. The summed E-state index contributed by atoms with van der Waals surface area (Å²) in [5.41, 5.74) is 0.809. The molecule has 0 aliphatic carbocycles. The van der Waals surface area contributed by atoms with E-state index in [4.69, 9.17) is 4.74 Å². The van der Waals surface area contributed by atoms with E-state index in [1.54, 1.807) is 18.2 Å². The number of morpholine rings is 1. The number of rotatable bonds is 4. The van der Waals surface area contributed by atoms with Crippen LogP contribution in [0.5, 0.6) is 0 Å². The van der Waals surface area contributed by atoms with E-state index in [9.17, 15) is 13.5 Å². The first-order chi connectivity index (χ1) is 9.82. The van der Waals surface area contributed by atoms with Gasteiger partial charge in [-0.05, 0) is 37.5 Å². The Morgan fingerprint density at radius 1 is 1.38 bits per heavy atom. The molecular weight excluding hydrogens is 290 g/mol. The van der Waals surface area contributed by atoms with E-state index in [1.807, 2.05) is 20.8 Å². The molecule has 1 aromatic rings. The molecule has 1 heterocycles. The summed E-state index contributed by atoms with van der Waals surface area (Å²) in [5.74, 6) is 0. The number of ether oxygens (including phenoxy) is 1.